The predicted molar refractivity (Wildman–Crippen MR) is 84.1 cm³/mol. The molecule has 6 nitrogen and oxygen atoms in total. The highest BCUT2D eigenvalue weighted by atomic mass is 16.5. The van der Waals surface area contributed by atoms with Gasteiger partial charge in [0.1, 0.15) is 5.82 Å². The molecule has 0 atom stereocenters. The number of nitrogen functional groups attached to an aromatic ring is 2. The average molecular weight is 285 g/mol. The van der Waals surface area contributed by atoms with E-state index in [1.165, 1.54) is 0 Å². The molecule has 3 rings (SSSR count). The van der Waals surface area contributed by atoms with Crippen LogP contribution in [0.2, 0.25) is 0 Å². The highest BCUT2D eigenvalue weighted by molar-refractivity contribution is 5.72. The number of morpholine rings is 1. The molecule has 0 bridgehead atoms. The van der Waals surface area contributed by atoms with E-state index in [0.717, 1.165) is 43.2 Å². The third-order valence-corrected chi connectivity index (χ3v) is 3.60. The Hall–Kier alpha value is -2.34. The van der Waals surface area contributed by atoms with E-state index in [4.69, 9.17) is 21.2 Å². The molecule has 0 saturated carbocycles. The third kappa shape index (κ3) is 2.75. The number of ether oxygens (including phenoxy) is 1. The summed E-state index contributed by atoms with van der Waals surface area (Å²) in [5.74, 6) is 1.62. The lowest BCUT2D eigenvalue weighted by Crippen LogP contribution is -2.37. The number of rotatable bonds is 2. The fourth-order valence-corrected chi connectivity index (χ4v) is 2.38. The standard InChI is InChI=1S/C15H19N5O/c1-10-9-18-14(11-2-3-12(16)13(17)8-11)19-15(10)20-4-6-21-7-5-20/h2-3,8-9H,4-7,16-17H2,1H3. The van der Waals surface area contributed by atoms with Gasteiger partial charge in [0.25, 0.3) is 0 Å². The lowest BCUT2D eigenvalue weighted by atomic mass is 10.1. The molecule has 2 aromatic rings. The second kappa shape index (κ2) is 5.57. The van der Waals surface area contributed by atoms with Crippen molar-refractivity contribution in [2.24, 2.45) is 0 Å². The maximum absolute atomic E-state index is 5.86. The molecule has 1 aliphatic heterocycles. The average Bonchev–Trinajstić information content (AvgIpc) is 2.51. The highest BCUT2D eigenvalue weighted by Crippen LogP contribution is 2.25. The monoisotopic (exact) mass is 285 g/mol. The number of nitrogens with two attached hydrogens (primary N) is 2. The largest absolute Gasteiger partial charge is 0.397 e. The number of hydrogen-bond donors (Lipinski definition) is 2. The van der Waals surface area contributed by atoms with Crippen LogP contribution in [0.3, 0.4) is 0 Å². The second-order valence-electron chi connectivity index (χ2n) is 5.14. The molecule has 0 unspecified atom stereocenters. The fraction of sp³-hybridized carbons (Fsp3) is 0.333. The summed E-state index contributed by atoms with van der Waals surface area (Å²) in [4.78, 5) is 11.3. The summed E-state index contributed by atoms with van der Waals surface area (Å²) in [5.41, 5.74) is 14.7. The lowest BCUT2D eigenvalue weighted by Gasteiger charge is -2.29. The zero-order chi connectivity index (χ0) is 14.8. The van der Waals surface area contributed by atoms with Gasteiger partial charge in [-0.3, -0.25) is 0 Å². The second-order valence-corrected chi connectivity index (χ2v) is 5.14. The van der Waals surface area contributed by atoms with Crippen molar-refractivity contribution in [3.8, 4) is 11.4 Å². The molecule has 1 fully saturated rings. The van der Waals surface area contributed by atoms with Gasteiger partial charge in [-0.05, 0) is 25.1 Å². The summed E-state index contributed by atoms with van der Waals surface area (Å²) < 4.78 is 5.39. The predicted octanol–water partition coefficient (Wildman–Crippen LogP) is 1.45. The number of benzene rings is 1. The Morgan fingerprint density at radius 2 is 1.90 bits per heavy atom. The number of anilines is 3. The van der Waals surface area contributed by atoms with Gasteiger partial charge in [0.05, 0.1) is 24.6 Å². The van der Waals surface area contributed by atoms with Gasteiger partial charge >= 0.3 is 0 Å². The van der Waals surface area contributed by atoms with Crippen molar-refractivity contribution in [2.75, 3.05) is 42.7 Å². The summed E-state index contributed by atoms with van der Waals surface area (Å²) in [5, 5.41) is 0. The van der Waals surface area contributed by atoms with E-state index in [9.17, 15) is 0 Å². The van der Waals surface area contributed by atoms with E-state index < -0.39 is 0 Å². The van der Waals surface area contributed by atoms with Gasteiger partial charge in [0, 0.05) is 30.4 Å². The summed E-state index contributed by atoms with van der Waals surface area (Å²) in [6, 6.07) is 5.48. The minimum absolute atomic E-state index is 0.546. The van der Waals surface area contributed by atoms with Crippen molar-refractivity contribution in [3.63, 3.8) is 0 Å². The Balaban J connectivity index is 1.98. The van der Waals surface area contributed by atoms with Gasteiger partial charge in [0.2, 0.25) is 0 Å². The third-order valence-electron chi connectivity index (χ3n) is 3.60. The van der Waals surface area contributed by atoms with Gasteiger partial charge in [-0.1, -0.05) is 0 Å². The van der Waals surface area contributed by atoms with Crippen molar-refractivity contribution in [1.29, 1.82) is 0 Å². The first-order valence-corrected chi connectivity index (χ1v) is 6.97. The van der Waals surface area contributed by atoms with Crippen LogP contribution in [-0.2, 0) is 4.74 Å². The van der Waals surface area contributed by atoms with E-state index in [-0.39, 0.29) is 0 Å². The maximum Gasteiger partial charge on any atom is 0.161 e. The van der Waals surface area contributed by atoms with Crippen LogP contribution in [0.15, 0.2) is 24.4 Å². The van der Waals surface area contributed by atoms with Crippen molar-refractivity contribution in [2.45, 2.75) is 6.92 Å². The lowest BCUT2D eigenvalue weighted by molar-refractivity contribution is 0.122. The number of nitrogens with zero attached hydrogens (tertiary/aromatic N) is 3. The molecular weight excluding hydrogens is 266 g/mol. The molecule has 0 amide bonds. The Morgan fingerprint density at radius 3 is 2.62 bits per heavy atom. The highest BCUT2D eigenvalue weighted by Gasteiger charge is 2.16. The molecule has 4 N–H and O–H groups in total. The molecule has 0 radical (unpaired) electrons. The number of aromatic nitrogens is 2. The minimum Gasteiger partial charge on any atom is -0.397 e. The topological polar surface area (TPSA) is 90.3 Å². The normalized spacial score (nSPS) is 15.2. The SMILES string of the molecule is Cc1cnc(-c2ccc(N)c(N)c2)nc1N1CCOCC1. The van der Waals surface area contributed by atoms with Crippen molar-refractivity contribution >= 4 is 17.2 Å². The Kier molecular flexibility index (Phi) is 3.62. The summed E-state index contributed by atoms with van der Waals surface area (Å²) >= 11 is 0. The maximum atomic E-state index is 5.86. The van der Waals surface area contributed by atoms with Crippen molar-refractivity contribution < 1.29 is 4.74 Å². The van der Waals surface area contributed by atoms with Crippen LogP contribution in [0.25, 0.3) is 11.4 Å². The van der Waals surface area contributed by atoms with Crippen LogP contribution in [-0.4, -0.2) is 36.3 Å². The molecule has 2 heterocycles. The summed E-state index contributed by atoms with van der Waals surface area (Å²) in [6.07, 6.45) is 1.85. The first kappa shape index (κ1) is 13.6. The molecular formula is C15H19N5O. The van der Waals surface area contributed by atoms with Crippen LogP contribution in [0.4, 0.5) is 17.2 Å². The van der Waals surface area contributed by atoms with Crippen molar-refractivity contribution in [1.82, 2.24) is 9.97 Å². The smallest absolute Gasteiger partial charge is 0.161 e. The molecule has 1 aromatic heterocycles. The van der Waals surface area contributed by atoms with Crippen LogP contribution in [0.5, 0.6) is 0 Å². The van der Waals surface area contributed by atoms with Crippen LogP contribution < -0.4 is 16.4 Å². The van der Waals surface area contributed by atoms with E-state index in [1.807, 2.05) is 25.3 Å². The number of hydrogen-bond acceptors (Lipinski definition) is 6. The fourth-order valence-electron chi connectivity index (χ4n) is 2.38. The van der Waals surface area contributed by atoms with Crippen LogP contribution >= 0.6 is 0 Å². The first-order chi connectivity index (χ1) is 10.1. The van der Waals surface area contributed by atoms with Gasteiger partial charge in [-0.15, -0.1) is 0 Å². The first-order valence-electron chi connectivity index (χ1n) is 6.97. The van der Waals surface area contributed by atoms with Gasteiger partial charge in [-0.2, -0.15) is 0 Å². The van der Waals surface area contributed by atoms with E-state index in [1.54, 1.807) is 6.07 Å². The van der Waals surface area contributed by atoms with E-state index in [0.29, 0.717) is 17.2 Å². The van der Waals surface area contributed by atoms with Gasteiger partial charge in [0.15, 0.2) is 5.82 Å². The minimum atomic E-state index is 0.546. The van der Waals surface area contributed by atoms with Crippen LogP contribution in [0, 0.1) is 6.92 Å². The Labute approximate surface area is 123 Å². The quantitative estimate of drug-likeness (QED) is 0.812. The van der Waals surface area contributed by atoms with E-state index >= 15 is 0 Å². The molecule has 0 aliphatic carbocycles. The zero-order valence-corrected chi connectivity index (χ0v) is 12.0. The molecule has 1 aliphatic rings. The zero-order valence-electron chi connectivity index (χ0n) is 12.0. The van der Waals surface area contributed by atoms with Gasteiger partial charge < -0.3 is 21.1 Å². The molecule has 110 valence electrons. The Morgan fingerprint density at radius 1 is 1.14 bits per heavy atom. The molecule has 21 heavy (non-hydrogen) atoms. The summed E-state index contributed by atoms with van der Waals surface area (Å²) in [6.45, 7) is 5.18. The van der Waals surface area contributed by atoms with E-state index in [2.05, 4.69) is 9.88 Å². The molecule has 0 spiro atoms. The van der Waals surface area contributed by atoms with Crippen LogP contribution in [0.1, 0.15) is 5.56 Å². The molecule has 6 heteroatoms. The number of aryl methyl sites for hydroxylation is 1. The Bertz CT molecular complexity index is 653. The van der Waals surface area contributed by atoms with Crippen molar-refractivity contribution in [3.05, 3.63) is 30.0 Å². The summed E-state index contributed by atoms with van der Waals surface area (Å²) in [7, 11) is 0. The molecule has 1 aromatic carbocycles. The van der Waals surface area contributed by atoms with Gasteiger partial charge in [-0.25, -0.2) is 9.97 Å². The molecule has 1 saturated heterocycles.